The molecule has 5 rings (SSSR count). The molecule has 5 heteroatoms. The molecule has 0 saturated heterocycles. The van der Waals surface area contributed by atoms with Gasteiger partial charge < -0.3 is 16.2 Å². The Hall–Kier alpha value is -1.98. The third-order valence-electron chi connectivity index (χ3n) is 10.2. The van der Waals surface area contributed by atoms with Crippen LogP contribution in [0.15, 0.2) is 42.3 Å². The van der Waals surface area contributed by atoms with Gasteiger partial charge in [0.05, 0.1) is 0 Å². The Bertz CT molecular complexity index is 989. The molecule has 4 aliphatic carbocycles. The molecule has 35 heavy (non-hydrogen) atoms. The number of carbonyl (C=O) groups excluding carboxylic acids is 1. The van der Waals surface area contributed by atoms with Gasteiger partial charge in [-0.25, -0.2) is 0 Å². The Morgan fingerprint density at radius 2 is 1.97 bits per heavy atom. The summed E-state index contributed by atoms with van der Waals surface area (Å²) in [5, 5.41) is 0. The highest BCUT2D eigenvalue weighted by molar-refractivity contribution is 5.75. The number of esters is 1. The summed E-state index contributed by atoms with van der Waals surface area (Å²) in [5.41, 5.74) is 16.5. The van der Waals surface area contributed by atoms with E-state index in [-0.39, 0.29) is 22.9 Å². The largest absolute Gasteiger partial charge is 0.461 e. The molecule has 0 bridgehead atoms. The smallest absolute Gasteiger partial charge is 0.323 e. The monoisotopic (exact) mass is 477 g/mol. The van der Waals surface area contributed by atoms with E-state index in [2.05, 4.69) is 43.1 Å². The summed E-state index contributed by atoms with van der Waals surface area (Å²) in [5.74, 6) is 1.91. The number of ether oxygens (including phenoxy) is 1. The number of unbranched alkanes of at least 4 members (excludes halogenated alkanes) is 1. The van der Waals surface area contributed by atoms with Gasteiger partial charge >= 0.3 is 5.97 Å². The fourth-order valence-corrected chi connectivity index (χ4v) is 8.14. The fourth-order valence-electron chi connectivity index (χ4n) is 8.14. The fraction of sp³-hybridized carbons (Fsp3) is 0.667. The second-order valence-electron chi connectivity index (χ2n) is 12.0. The van der Waals surface area contributed by atoms with Crippen LogP contribution in [0, 0.1) is 28.6 Å². The average molecular weight is 478 g/mol. The summed E-state index contributed by atoms with van der Waals surface area (Å²) in [7, 11) is 0. The first-order valence-electron chi connectivity index (χ1n) is 13.8. The topological polar surface area (TPSA) is 91.2 Å². The summed E-state index contributed by atoms with van der Waals surface area (Å²) in [4.78, 5) is 17.0. The number of hydrogen-bond acceptors (Lipinski definition) is 5. The van der Waals surface area contributed by atoms with Crippen LogP contribution in [0.4, 0.5) is 0 Å². The molecule has 4 N–H and O–H groups in total. The highest BCUT2D eigenvalue weighted by Crippen LogP contribution is 2.66. The Balaban J connectivity index is 1.26. The van der Waals surface area contributed by atoms with Gasteiger partial charge in [-0.2, -0.15) is 0 Å². The molecule has 7 atom stereocenters. The third kappa shape index (κ3) is 4.40. The highest BCUT2D eigenvalue weighted by atomic mass is 16.5. The molecule has 190 valence electrons. The van der Waals surface area contributed by atoms with Crippen LogP contribution in [0.5, 0.6) is 0 Å². The molecular formula is C30H43N3O2. The summed E-state index contributed by atoms with van der Waals surface area (Å²) < 4.78 is 5.91. The molecule has 0 unspecified atom stereocenters. The molecule has 2 saturated carbocycles. The Morgan fingerprint density at radius 1 is 1.14 bits per heavy atom. The molecule has 2 fully saturated rings. The third-order valence-corrected chi connectivity index (χ3v) is 10.2. The van der Waals surface area contributed by atoms with E-state index in [1.807, 2.05) is 12.4 Å². The minimum absolute atomic E-state index is 0.0295. The first-order chi connectivity index (χ1) is 16.9. The predicted molar refractivity (Wildman–Crippen MR) is 140 cm³/mol. The number of nitrogens with zero attached hydrogens (tertiary/aromatic N) is 1. The first kappa shape index (κ1) is 24.7. The van der Waals surface area contributed by atoms with Crippen molar-refractivity contribution in [3.05, 3.63) is 47.8 Å². The SMILES string of the molecule is C[C@]12CC[C@H](OC(=O)[C@@H](N)CCCCN)CC1=CC[C@@H]1[C@@H]2CC[C@]2(C)C(c3cccnc3)=CC[C@@H]12. The maximum absolute atomic E-state index is 12.6. The van der Waals surface area contributed by atoms with Crippen molar-refractivity contribution >= 4 is 11.5 Å². The van der Waals surface area contributed by atoms with Crippen LogP contribution >= 0.6 is 0 Å². The van der Waals surface area contributed by atoms with Gasteiger partial charge in [-0.3, -0.25) is 9.78 Å². The van der Waals surface area contributed by atoms with Gasteiger partial charge in [0.1, 0.15) is 12.1 Å². The van der Waals surface area contributed by atoms with Gasteiger partial charge in [0, 0.05) is 18.8 Å². The lowest BCUT2D eigenvalue weighted by atomic mass is 9.47. The zero-order chi connectivity index (χ0) is 24.6. The van der Waals surface area contributed by atoms with Crippen LogP contribution in [0.25, 0.3) is 5.57 Å². The Morgan fingerprint density at radius 3 is 2.74 bits per heavy atom. The lowest BCUT2D eigenvalue weighted by Gasteiger charge is -2.57. The number of carbonyl (C=O) groups is 1. The molecular weight excluding hydrogens is 434 g/mol. The van der Waals surface area contributed by atoms with Crippen LogP contribution in [0.1, 0.15) is 83.6 Å². The second kappa shape index (κ2) is 9.82. The molecule has 0 amide bonds. The Labute approximate surface area is 210 Å². The molecule has 0 radical (unpaired) electrons. The van der Waals surface area contributed by atoms with Crippen LogP contribution in [-0.2, 0) is 9.53 Å². The number of hydrogen-bond donors (Lipinski definition) is 2. The quantitative estimate of drug-likeness (QED) is 0.311. The second-order valence-corrected chi connectivity index (χ2v) is 12.0. The van der Waals surface area contributed by atoms with Crippen molar-refractivity contribution in [2.45, 2.75) is 90.2 Å². The molecule has 0 aromatic carbocycles. The maximum atomic E-state index is 12.6. The normalized spacial score (nSPS) is 36.8. The van der Waals surface area contributed by atoms with E-state index < -0.39 is 6.04 Å². The summed E-state index contributed by atoms with van der Waals surface area (Å²) in [6, 6.07) is 3.76. The molecule has 0 spiro atoms. The number of fused-ring (bicyclic) bond motifs is 5. The summed E-state index contributed by atoms with van der Waals surface area (Å²) in [6.45, 7) is 5.65. The maximum Gasteiger partial charge on any atom is 0.323 e. The first-order valence-corrected chi connectivity index (χ1v) is 13.8. The van der Waals surface area contributed by atoms with Gasteiger partial charge in [-0.15, -0.1) is 0 Å². The van der Waals surface area contributed by atoms with E-state index in [9.17, 15) is 4.79 Å². The van der Waals surface area contributed by atoms with E-state index in [1.54, 1.807) is 0 Å². The van der Waals surface area contributed by atoms with Gasteiger partial charge in [-0.1, -0.05) is 44.1 Å². The van der Waals surface area contributed by atoms with Crippen molar-refractivity contribution in [3.63, 3.8) is 0 Å². The van der Waals surface area contributed by atoms with E-state index >= 15 is 0 Å². The van der Waals surface area contributed by atoms with Gasteiger partial charge in [0.2, 0.25) is 0 Å². The molecule has 5 nitrogen and oxygen atoms in total. The van der Waals surface area contributed by atoms with Crippen molar-refractivity contribution < 1.29 is 9.53 Å². The standard InChI is InChI=1S/C30H43N3O2/c1-29-14-12-22(35-28(34)27(32)7-3-4-16-31)18-21(29)8-9-23-25-11-10-24(20-6-5-17-33-19-20)30(25,2)15-13-26(23)29/h5-6,8,10,17,19,22-23,25-27H,3-4,7,9,11-16,18,31-32H2,1-2H3/t22-,23-,25-,26-,27-,29-,30+/m0/s1. The van der Waals surface area contributed by atoms with Crippen LogP contribution in [-0.4, -0.2) is 29.6 Å². The van der Waals surface area contributed by atoms with Gasteiger partial charge in [0.15, 0.2) is 0 Å². The number of aromatic nitrogens is 1. The molecule has 4 aliphatic rings. The van der Waals surface area contributed by atoms with Gasteiger partial charge in [-0.05, 0) is 104 Å². The van der Waals surface area contributed by atoms with Gasteiger partial charge in [0.25, 0.3) is 0 Å². The highest BCUT2D eigenvalue weighted by Gasteiger charge is 2.57. The average Bonchev–Trinajstić information content (AvgIpc) is 3.22. The molecule has 1 aromatic heterocycles. The van der Waals surface area contributed by atoms with E-state index in [0.29, 0.717) is 18.9 Å². The predicted octanol–water partition coefficient (Wildman–Crippen LogP) is 5.41. The molecule has 1 heterocycles. The minimum atomic E-state index is -0.528. The summed E-state index contributed by atoms with van der Waals surface area (Å²) >= 11 is 0. The number of allylic oxidation sites excluding steroid dienone is 3. The minimum Gasteiger partial charge on any atom is -0.461 e. The number of pyridine rings is 1. The lowest BCUT2D eigenvalue weighted by molar-refractivity contribution is -0.153. The Kier molecular flexibility index (Phi) is 6.93. The van der Waals surface area contributed by atoms with E-state index in [1.165, 1.54) is 36.0 Å². The van der Waals surface area contributed by atoms with Crippen molar-refractivity contribution in [3.8, 4) is 0 Å². The lowest BCUT2D eigenvalue weighted by Crippen LogP contribution is -2.50. The van der Waals surface area contributed by atoms with Crippen molar-refractivity contribution in [2.75, 3.05) is 6.54 Å². The molecule has 1 aromatic rings. The van der Waals surface area contributed by atoms with Crippen molar-refractivity contribution in [1.82, 2.24) is 4.98 Å². The zero-order valence-electron chi connectivity index (χ0n) is 21.5. The van der Waals surface area contributed by atoms with Crippen molar-refractivity contribution in [2.24, 2.45) is 40.1 Å². The number of nitrogens with two attached hydrogens (primary N) is 2. The zero-order valence-corrected chi connectivity index (χ0v) is 21.5. The van der Waals surface area contributed by atoms with Crippen molar-refractivity contribution in [1.29, 1.82) is 0 Å². The van der Waals surface area contributed by atoms with E-state index in [4.69, 9.17) is 16.2 Å². The number of rotatable bonds is 7. The van der Waals surface area contributed by atoms with Crippen LogP contribution < -0.4 is 11.5 Å². The summed E-state index contributed by atoms with van der Waals surface area (Å²) in [6.07, 6.45) is 19.1. The van der Waals surface area contributed by atoms with Crippen LogP contribution in [0.2, 0.25) is 0 Å². The molecule has 0 aliphatic heterocycles. The van der Waals surface area contributed by atoms with Crippen LogP contribution in [0.3, 0.4) is 0 Å². The van der Waals surface area contributed by atoms with E-state index in [0.717, 1.165) is 50.4 Å².